The lowest BCUT2D eigenvalue weighted by Gasteiger charge is -2.34. The average Bonchev–Trinajstić information content (AvgIpc) is 2.14. The monoisotopic (exact) mass is 303 g/mol. The molecule has 1 aliphatic rings. The van der Waals surface area contributed by atoms with Gasteiger partial charge in [0.2, 0.25) is 0 Å². The average molecular weight is 305 g/mol. The fraction of sp³-hybridized carbons (Fsp3) is 0.500. The first-order chi connectivity index (χ1) is 7.59. The first-order valence-electron chi connectivity index (χ1n) is 5.48. The molecule has 3 N–H and O–H groups in total. The van der Waals surface area contributed by atoms with Gasteiger partial charge in [0.15, 0.2) is 0 Å². The molecule has 0 amide bonds. The van der Waals surface area contributed by atoms with E-state index in [-0.39, 0.29) is 6.04 Å². The van der Waals surface area contributed by atoms with Gasteiger partial charge < -0.3 is 10.8 Å². The fourth-order valence-corrected chi connectivity index (χ4v) is 2.98. The minimum absolute atomic E-state index is 0.336. The van der Waals surface area contributed by atoms with Crippen LogP contribution < -0.4 is 5.73 Å². The predicted octanol–water partition coefficient (Wildman–Crippen LogP) is 3.26. The van der Waals surface area contributed by atoms with Crippen LogP contribution in [-0.2, 0) is 0 Å². The second kappa shape index (κ2) is 5.05. The van der Waals surface area contributed by atoms with Crippen molar-refractivity contribution in [1.82, 2.24) is 0 Å². The Bertz CT molecular complexity index is 381. The Hall–Kier alpha value is -0.0900. The van der Waals surface area contributed by atoms with Crippen LogP contribution in [0.4, 0.5) is 0 Å². The SMILES string of the molecule is N[C@@H](c1ccc(Cl)cc1Br)[C@H](O)C1CCC1. The Kier molecular flexibility index (Phi) is 3.90. The van der Waals surface area contributed by atoms with E-state index in [9.17, 15) is 5.11 Å². The Morgan fingerprint density at radius 2 is 2.12 bits per heavy atom. The Labute approximate surface area is 109 Å². The molecule has 0 spiro atoms. The normalized spacial score (nSPS) is 20.2. The van der Waals surface area contributed by atoms with Crippen LogP contribution in [0.3, 0.4) is 0 Å². The van der Waals surface area contributed by atoms with Gasteiger partial charge in [0.1, 0.15) is 0 Å². The Morgan fingerprint density at radius 1 is 1.44 bits per heavy atom. The lowest BCUT2D eigenvalue weighted by atomic mass is 9.77. The maximum Gasteiger partial charge on any atom is 0.0761 e. The first-order valence-corrected chi connectivity index (χ1v) is 6.65. The third-order valence-electron chi connectivity index (χ3n) is 3.32. The standard InChI is InChI=1S/C12H15BrClNO/c13-10-6-8(14)4-5-9(10)11(15)12(16)7-2-1-3-7/h4-7,11-12,16H,1-3,15H2/t11-,12+/m0/s1. The molecule has 1 fully saturated rings. The van der Waals surface area contributed by atoms with Crippen molar-refractivity contribution < 1.29 is 5.11 Å². The number of aliphatic hydroxyl groups excluding tert-OH is 1. The first kappa shape index (κ1) is 12.4. The van der Waals surface area contributed by atoms with Crippen molar-refractivity contribution in [3.05, 3.63) is 33.3 Å². The maximum absolute atomic E-state index is 10.1. The van der Waals surface area contributed by atoms with E-state index in [2.05, 4.69) is 15.9 Å². The molecule has 0 heterocycles. The summed E-state index contributed by atoms with van der Waals surface area (Å²) in [6.07, 6.45) is 2.92. The Balaban J connectivity index is 2.15. The number of halogens is 2. The molecule has 0 bridgehead atoms. The molecule has 0 radical (unpaired) electrons. The van der Waals surface area contributed by atoms with Crippen molar-refractivity contribution >= 4 is 27.5 Å². The highest BCUT2D eigenvalue weighted by Crippen LogP contribution is 2.36. The lowest BCUT2D eigenvalue weighted by Crippen LogP contribution is -2.36. The van der Waals surface area contributed by atoms with Crippen LogP contribution in [0.5, 0.6) is 0 Å². The molecule has 0 aliphatic heterocycles. The number of hydrogen-bond acceptors (Lipinski definition) is 2. The molecule has 2 rings (SSSR count). The van der Waals surface area contributed by atoms with E-state index < -0.39 is 6.10 Å². The van der Waals surface area contributed by atoms with Gasteiger partial charge in [-0.05, 0) is 36.5 Å². The molecule has 16 heavy (non-hydrogen) atoms. The molecular weight excluding hydrogens is 289 g/mol. The van der Waals surface area contributed by atoms with Crippen molar-refractivity contribution in [3.8, 4) is 0 Å². The molecule has 1 aliphatic carbocycles. The fourth-order valence-electron chi connectivity index (χ4n) is 2.03. The summed E-state index contributed by atoms with van der Waals surface area (Å²) in [7, 11) is 0. The van der Waals surface area contributed by atoms with E-state index >= 15 is 0 Å². The zero-order chi connectivity index (χ0) is 11.7. The molecule has 4 heteroatoms. The van der Waals surface area contributed by atoms with Gasteiger partial charge in [-0.1, -0.05) is 40.0 Å². The van der Waals surface area contributed by atoms with Crippen LogP contribution in [0, 0.1) is 5.92 Å². The minimum Gasteiger partial charge on any atom is -0.391 e. The van der Waals surface area contributed by atoms with Gasteiger partial charge in [0.05, 0.1) is 12.1 Å². The molecule has 1 saturated carbocycles. The molecule has 88 valence electrons. The second-order valence-electron chi connectivity index (χ2n) is 4.37. The zero-order valence-electron chi connectivity index (χ0n) is 8.87. The van der Waals surface area contributed by atoms with Gasteiger partial charge in [-0.15, -0.1) is 0 Å². The third kappa shape index (κ3) is 2.43. The lowest BCUT2D eigenvalue weighted by molar-refractivity contribution is 0.0412. The summed E-state index contributed by atoms with van der Waals surface area (Å²) in [6.45, 7) is 0. The van der Waals surface area contributed by atoms with Gasteiger partial charge >= 0.3 is 0 Å². The summed E-state index contributed by atoms with van der Waals surface area (Å²) in [4.78, 5) is 0. The summed E-state index contributed by atoms with van der Waals surface area (Å²) in [6, 6.07) is 5.15. The molecule has 1 aromatic carbocycles. The predicted molar refractivity (Wildman–Crippen MR) is 69.4 cm³/mol. The molecule has 2 nitrogen and oxygen atoms in total. The highest BCUT2D eigenvalue weighted by atomic mass is 79.9. The van der Waals surface area contributed by atoms with Crippen LogP contribution in [0.15, 0.2) is 22.7 Å². The van der Waals surface area contributed by atoms with Crippen LogP contribution in [0.25, 0.3) is 0 Å². The molecular formula is C12H15BrClNO. The van der Waals surface area contributed by atoms with Crippen LogP contribution >= 0.6 is 27.5 Å². The van der Waals surface area contributed by atoms with Gasteiger partial charge in [-0.2, -0.15) is 0 Å². The van der Waals surface area contributed by atoms with Crippen molar-refractivity contribution in [2.75, 3.05) is 0 Å². The highest BCUT2D eigenvalue weighted by Gasteiger charge is 2.31. The summed E-state index contributed by atoms with van der Waals surface area (Å²) in [5.74, 6) is 0.359. The van der Waals surface area contributed by atoms with Gasteiger partial charge in [-0.3, -0.25) is 0 Å². The van der Waals surface area contributed by atoms with E-state index in [0.29, 0.717) is 10.9 Å². The van der Waals surface area contributed by atoms with Gasteiger partial charge in [0.25, 0.3) is 0 Å². The largest absolute Gasteiger partial charge is 0.391 e. The van der Waals surface area contributed by atoms with Gasteiger partial charge in [0, 0.05) is 9.50 Å². The topological polar surface area (TPSA) is 46.2 Å². The Morgan fingerprint density at radius 3 is 2.62 bits per heavy atom. The van der Waals surface area contributed by atoms with E-state index in [4.69, 9.17) is 17.3 Å². The molecule has 0 saturated heterocycles. The number of nitrogens with two attached hydrogens (primary N) is 1. The molecule has 0 unspecified atom stereocenters. The zero-order valence-corrected chi connectivity index (χ0v) is 11.2. The van der Waals surface area contributed by atoms with Crippen molar-refractivity contribution in [2.45, 2.75) is 31.4 Å². The summed E-state index contributed by atoms with van der Waals surface area (Å²) in [5, 5.41) is 10.8. The summed E-state index contributed by atoms with van der Waals surface area (Å²) >= 11 is 9.30. The number of hydrogen-bond donors (Lipinski definition) is 2. The third-order valence-corrected chi connectivity index (χ3v) is 4.24. The maximum atomic E-state index is 10.1. The summed E-state index contributed by atoms with van der Waals surface area (Å²) in [5.41, 5.74) is 7.00. The quantitative estimate of drug-likeness (QED) is 0.900. The number of rotatable bonds is 3. The number of benzene rings is 1. The van der Waals surface area contributed by atoms with Crippen molar-refractivity contribution in [3.63, 3.8) is 0 Å². The smallest absolute Gasteiger partial charge is 0.0761 e. The van der Waals surface area contributed by atoms with E-state index in [1.165, 1.54) is 6.42 Å². The van der Waals surface area contributed by atoms with Crippen molar-refractivity contribution in [2.24, 2.45) is 11.7 Å². The molecule has 2 atom stereocenters. The number of aliphatic hydroxyl groups is 1. The van der Waals surface area contributed by atoms with Crippen LogP contribution in [-0.4, -0.2) is 11.2 Å². The highest BCUT2D eigenvalue weighted by molar-refractivity contribution is 9.10. The van der Waals surface area contributed by atoms with Crippen molar-refractivity contribution in [1.29, 1.82) is 0 Å². The van der Waals surface area contributed by atoms with Crippen LogP contribution in [0.1, 0.15) is 30.9 Å². The van der Waals surface area contributed by atoms with Crippen LogP contribution in [0.2, 0.25) is 5.02 Å². The minimum atomic E-state index is -0.453. The van der Waals surface area contributed by atoms with E-state index in [1.54, 1.807) is 6.07 Å². The second-order valence-corrected chi connectivity index (χ2v) is 5.66. The van der Waals surface area contributed by atoms with E-state index in [1.807, 2.05) is 12.1 Å². The molecule has 1 aromatic rings. The molecule has 0 aromatic heterocycles. The van der Waals surface area contributed by atoms with Gasteiger partial charge in [-0.25, -0.2) is 0 Å². The summed E-state index contributed by atoms with van der Waals surface area (Å²) < 4.78 is 0.867. The van der Waals surface area contributed by atoms with E-state index in [0.717, 1.165) is 22.9 Å².